The zero-order valence-corrected chi connectivity index (χ0v) is 19.6. The average Bonchev–Trinajstić information content (AvgIpc) is 2.72. The minimum Gasteiger partial charge on any atom is -0.494 e. The zero-order chi connectivity index (χ0) is 21.1. The van der Waals surface area contributed by atoms with Crippen molar-refractivity contribution in [3.05, 3.63) is 23.8 Å². The van der Waals surface area contributed by atoms with Crippen molar-refractivity contribution in [2.75, 3.05) is 25.4 Å². The van der Waals surface area contributed by atoms with Gasteiger partial charge in [0, 0.05) is 30.3 Å². The lowest BCUT2D eigenvalue weighted by atomic mass is 9.78. The molecule has 4 nitrogen and oxygen atoms in total. The van der Waals surface area contributed by atoms with Crippen LogP contribution in [-0.4, -0.2) is 41.9 Å². The molecule has 2 heterocycles. The molecule has 1 aromatic rings. The van der Waals surface area contributed by atoms with Crippen LogP contribution in [0.1, 0.15) is 76.5 Å². The summed E-state index contributed by atoms with van der Waals surface area (Å²) in [5.74, 6) is 3.95. The summed E-state index contributed by atoms with van der Waals surface area (Å²) < 4.78 is 12.4. The minimum absolute atomic E-state index is 0.0484. The van der Waals surface area contributed by atoms with E-state index in [0.29, 0.717) is 30.1 Å². The zero-order valence-electron chi connectivity index (χ0n) is 18.8. The van der Waals surface area contributed by atoms with E-state index in [1.165, 1.54) is 31.2 Å². The Balaban J connectivity index is 1.50. The molecule has 0 aromatic heterocycles. The van der Waals surface area contributed by atoms with Gasteiger partial charge in [0.15, 0.2) is 0 Å². The summed E-state index contributed by atoms with van der Waals surface area (Å²) in [5.41, 5.74) is 1.16. The van der Waals surface area contributed by atoms with Crippen LogP contribution in [0.25, 0.3) is 0 Å². The standard InChI is InChI=1S/C25H37NO3S/c1-4-28-20-8-9-22-21(13-20)23(14-25(29-22)10-6-5-7-11-25)30-17-24(27)26-15-18(2)12-19(3)16-26/h8-9,13,18-19,23H,4-7,10-12,14-17H2,1-3H3/t18-,19+,23-/m0/s1. The molecule has 3 atom stereocenters. The van der Waals surface area contributed by atoms with E-state index in [-0.39, 0.29) is 10.9 Å². The number of benzene rings is 1. The molecule has 1 amide bonds. The lowest BCUT2D eigenvalue weighted by Gasteiger charge is -2.44. The third kappa shape index (κ3) is 4.92. The summed E-state index contributed by atoms with van der Waals surface area (Å²) in [5, 5.41) is 0.288. The predicted octanol–water partition coefficient (Wildman–Crippen LogP) is 5.85. The van der Waals surface area contributed by atoms with Gasteiger partial charge in [-0.15, -0.1) is 11.8 Å². The van der Waals surface area contributed by atoms with E-state index >= 15 is 0 Å². The van der Waals surface area contributed by atoms with Gasteiger partial charge >= 0.3 is 0 Å². The van der Waals surface area contributed by atoms with Gasteiger partial charge in [0.25, 0.3) is 0 Å². The molecule has 166 valence electrons. The van der Waals surface area contributed by atoms with E-state index in [2.05, 4.69) is 30.9 Å². The van der Waals surface area contributed by atoms with E-state index in [4.69, 9.17) is 9.47 Å². The number of rotatable bonds is 5. The number of carbonyl (C=O) groups excluding carboxylic acids is 1. The number of likely N-dealkylation sites (tertiary alicyclic amines) is 1. The summed E-state index contributed by atoms with van der Waals surface area (Å²) in [6.07, 6.45) is 8.28. The van der Waals surface area contributed by atoms with Gasteiger partial charge in [-0.25, -0.2) is 0 Å². The number of amides is 1. The Labute approximate surface area is 186 Å². The maximum absolute atomic E-state index is 13.0. The van der Waals surface area contributed by atoms with Crippen molar-refractivity contribution in [2.45, 2.75) is 76.6 Å². The largest absolute Gasteiger partial charge is 0.494 e. The van der Waals surface area contributed by atoms with Crippen LogP contribution in [0, 0.1) is 11.8 Å². The molecule has 5 heteroatoms. The molecule has 3 aliphatic rings. The Hall–Kier alpha value is -1.36. The highest BCUT2D eigenvalue weighted by Gasteiger charge is 2.42. The van der Waals surface area contributed by atoms with Gasteiger partial charge in [-0.1, -0.05) is 20.3 Å². The van der Waals surface area contributed by atoms with Crippen LogP contribution in [0.3, 0.4) is 0 Å². The molecule has 2 fully saturated rings. The first-order valence-electron chi connectivity index (χ1n) is 11.8. The lowest BCUT2D eigenvalue weighted by Crippen LogP contribution is -2.44. The van der Waals surface area contributed by atoms with E-state index in [9.17, 15) is 4.79 Å². The van der Waals surface area contributed by atoms with Crippen LogP contribution in [-0.2, 0) is 4.79 Å². The van der Waals surface area contributed by atoms with E-state index in [1.807, 2.05) is 24.8 Å². The van der Waals surface area contributed by atoms with Crippen LogP contribution in [0.15, 0.2) is 18.2 Å². The fourth-order valence-corrected chi connectivity index (χ4v) is 6.94. The molecule has 1 aromatic carbocycles. The van der Waals surface area contributed by atoms with Crippen molar-refractivity contribution in [1.82, 2.24) is 4.90 Å². The van der Waals surface area contributed by atoms with E-state index in [0.717, 1.165) is 43.9 Å². The number of ether oxygens (including phenoxy) is 2. The van der Waals surface area contributed by atoms with Crippen molar-refractivity contribution in [3.63, 3.8) is 0 Å². The monoisotopic (exact) mass is 431 g/mol. The van der Waals surface area contributed by atoms with Gasteiger partial charge in [0.1, 0.15) is 17.1 Å². The maximum Gasteiger partial charge on any atom is 0.232 e. The third-order valence-electron chi connectivity index (χ3n) is 6.92. The van der Waals surface area contributed by atoms with Crippen molar-refractivity contribution < 1.29 is 14.3 Å². The Morgan fingerprint density at radius 1 is 1.20 bits per heavy atom. The molecule has 0 N–H and O–H groups in total. The van der Waals surface area contributed by atoms with Gasteiger partial charge in [0.05, 0.1) is 12.4 Å². The molecule has 0 bridgehead atoms. The molecule has 2 aliphatic heterocycles. The summed E-state index contributed by atoms with van der Waals surface area (Å²) in [4.78, 5) is 15.1. The number of thioether (sulfide) groups is 1. The number of hydrogen-bond acceptors (Lipinski definition) is 4. The molecule has 1 saturated heterocycles. The highest BCUT2D eigenvalue weighted by molar-refractivity contribution is 8.00. The van der Waals surface area contributed by atoms with Crippen LogP contribution in [0.4, 0.5) is 0 Å². The molecule has 1 aliphatic carbocycles. The van der Waals surface area contributed by atoms with Gasteiger partial charge in [-0.3, -0.25) is 4.79 Å². The van der Waals surface area contributed by atoms with Gasteiger partial charge in [-0.05, 0) is 69.1 Å². The first-order valence-corrected chi connectivity index (χ1v) is 12.9. The average molecular weight is 432 g/mol. The number of hydrogen-bond donors (Lipinski definition) is 0. The number of nitrogens with zero attached hydrogens (tertiary/aromatic N) is 1. The molecule has 30 heavy (non-hydrogen) atoms. The second-order valence-electron chi connectivity index (χ2n) is 9.73. The third-order valence-corrected chi connectivity index (χ3v) is 8.15. The molecular weight excluding hydrogens is 394 g/mol. The molecule has 0 radical (unpaired) electrons. The van der Waals surface area contributed by atoms with Crippen molar-refractivity contribution in [3.8, 4) is 11.5 Å². The van der Waals surface area contributed by atoms with Crippen molar-refractivity contribution in [2.24, 2.45) is 11.8 Å². The smallest absolute Gasteiger partial charge is 0.232 e. The quantitative estimate of drug-likeness (QED) is 0.586. The molecule has 0 unspecified atom stereocenters. The molecular formula is C25H37NO3S. The Kier molecular flexibility index (Phi) is 6.86. The van der Waals surface area contributed by atoms with Gasteiger partial charge < -0.3 is 14.4 Å². The van der Waals surface area contributed by atoms with Crippen LogP contribution in [0.5, 0.6) is 11.5 Å². The topological polar surface area (TPSA) is 38.8 Å². The molecule has 4 rings (SSSR count). The molecule has 1 saturated carbocycles. The number of piperidine rings is 1. The second kappa shape index (κ2) is 9.42. The highest BCUT2D eigenvalue weighted by atomic mass is 32.2. The number of fused-ring (bicyclic) bond motifs is 1. The summed E-state index contributed by atoms with van der Waals surface area (Å²) in [7, 11) is 0. The minimum atomic E-state index is -0.0484. The Bertz CT molecular complexity index is 736. The van der Waals surface area contributed by atoms with Crippen molar-refractivity contribution >= 4 is 17.7 Å². The van der Waals surface area contributed by atoms with Gasteiger partial charge in [-0.2, -0.15) is 0 Å². The predicted molar refractivity (Wildman–Crippen MR) is 123 cm³/mol. The summed E-state index contributed by atoms with van der Waals surface area (Å²) >= 11 is 1.81. The molecule has 1 spiro atoms. The normalized spacial score (nSPS) is 28.0. The summed E-state index contributed by atoms with van der Waals surface area (Å²) in [6.45, 7) is 9.02. The fraction of sp³-hybridized carbons (Fsp3) is 0.720. The highest BCUT2D eigenvalue weighted by Crippen LogP contribution is 2.51. The van der Waals surface area contributed by atoms with Gasteiger partial charge in [0.2, 0.25) is 5.91 Å². The first kappa shape index (κ1) is 21.9. The van der Waals surface area contributed by atoms with Crippen LogP contribution in [0.2, 0.25) is 0 Å². The summed E-state index contributed by atoms with van der Waals surface area (Å²) in [6, 6.07) is 6.24. The van der Waals surface area contributed by atoms with E-state index < -0.39 is 0 Å². The van der Waals surface area contributed by atoms with E-state index in [1.54, 1.807) is 0 Å². The van der Waals surface area contributed by atoms with Crippen LogP contribution < -0.4 is 9.47 Å². The van der Waals surface area contributed by atoms with Crippen LogP contribution >= 0.6 is 11.8 Å². The maximum atomic E-state index is 13.0. The number of carbonyl (C=O) groups is 1. The lowest BCUT2D eigenvalue weighted by molar-refractivity contribution is -0.131. The fourth-order valence-electron chi connectivity index (χ4n) is 5.63. The Morgan fingerprint density at radius 3 is 2.63 bits per heavy atom. The first-order chi connectivity index (χ1) is 14.5. The Morgan fingerprint density at radius 2 is 1.93 bits per heavy atom. The second-order valence-corrected chi connectivity index (χ2v) is 10.9. The SMILES string of the molecule is CCOc1ccc2c(c1)[C@@H](SCC(=O)N1C[C@H](C)C[C@H](C)C1)CC1(CCCCC1)O2. The van der Waals surface area contributed by atoms with Crippen molar-refractivity contribution in [1.29, 1.82) is 0 Å².